The first-order valence-electron chi connectivity index (χ1n) is 8.55. The van der Waals surface area contributed by atoms with E-state index in [4.69, 9.17) is 5.10 Å². The highest BCUT2D eigenvalue weighted by Crippen LogP contribution is 2.45. The quantitative estimate of drug-likeness (QED) is 0.693. The number of carbonyl (C=O) groups is 1. The van der Waals surface area contributed by atoms with Gasteiger partial charge < -0.3 is 4.79 Å². The van der Waals surface area contributed by atoms with Crippen LogP contribution in [0.4, 0.5) is 0 Å². The fourth-order valence-corrected chi connectivity index (χ4v) is 3.60. The third-order valence-electron chi connectivity index (χ3n) is 5.35. The Bertz CT molecular complexity index is 930. The number of fused-ring (bicyclic) bond motifs is 1. The zero-order valence-electron chi connectivity index (χ0n) is 13.6. The lowest BCUT2D eigenvalue weighted by Gasteiger charge is -2.31. The van der Waals surface area contributed by atoms with Gasteiger partial charge in [-0.25, -0.2) is 0 Å². The molecule has 0 amide bonds. The van der Waals surface area contributed by atoms with E-state index in [0.717, 1.165) is 41.3 Å². The van der Waals surface area contributed by atoms with Gasteiger partial charge >= 0.3 is 0 Å². The Morgan fingerprint density at radius 3 is 2.83 bits per heavy atom. The van der Waals surface area contributed by atoms with Crippen molar-refractivity contribution in [3.05, 3.63) is 30.4 Å². The van der Waals surface area contributed by atoms with Crippen molar-refractivity contribution in [3.8, 4) is 11.3 Å². The second-order valence-electron chi connectivity index (χ2n) is 7.10. The van der Waals surface area contributed by atoms with E-state index in [1.165, 1.54) is 18.5 Å². The van der Waals surface area contributed by atoms with Gasteiger partial charge in [-0.3, -0.25) is 14.3 Å². The first-order valence-corrected chi connectivity index (χ1v) is 8.55. The Labute approximate surface area is 139 Å². The monoisotopic (exact) mass is 321 g/mol. The Morgan fingerprint density at radius 1 is 1.25 bits per heavy atom. The molecule has 5 rings (SSSR count). The summed E-state index contributed by atoms with van der Waals surface area (Å²) in [6.07, 6.45) is 11.2. The number of aldehydes is 1. The van der Waals surface area contributed by atoms with Crippen molar-refractivity contribution in [3.63, 3.8) is 0 Å². The molecular weight excluding hydrogens is 302 g/mol. The van der Waals surface area contributed by atoms with E-state index in [1.807, 2.05) is 24.1 Å². The van der Waals surface area contributed by atoms with Crippen LogP contribution in [-0.4, -0.2) is 30.8 Å². The first-order chi connectivity index (χ1) is 11.7. The summed E-state index contributed by atoms with van der Waals surface area (Å²) in [4.78, 5) is 15.5. The Balaban J connectivity index is 1.56. The van der Waals surface area contributed by atoms with Crippen LogP contribution in [0.2, 0.25) is 0 Å². The van der Waals surface area contributed by atoms with Crippen LogP contribution >= 0.6 is 0 Å². The maximum atomic E-state index is 10.9. The molecule has 0 spiro atoms. The second-order valence-corrected chi connectivity index (χ2v) is 7.10. The van der Waals surface area contributed by atoms with E-state index in [1.54, 1.807) is 0 Å². The highest BCUT2D eigenvalue weighted by Gasteiger charge is 2.35. The second kappa shape index (κ2) is 5.00. The normalized spacial score (nSPS) is 23.4. The molecule has 6 heteroatoms. The van der Waals surface area contributed by atoms with E-state index in [0.29, 0.717) is 12.0 Å². The number of nitrogens with zero attached hydrogens (tertiary/aromatic N) is 5. The van der Waals surface area contributed by atoms with E-state index >= 15 is 0 Å². The molecule has 6 nitrogen and oxygen atoms in total. The minimum absolute atomic E-state index is 0.205. The molecule has 0 saturated heterocycles. The Morgan fingerprint density at radius 2 is 2.08 bits per heavy atom. The summed E-state index contributed by atoms with van der Waals surface area (Å²) in [5.41, 5.74) is 4.35. The minimum Gasteiger partial charge on any atom is -0.303 e. The van der Waals surface area contributed by atoms with E-state index in [9.17, 15) is 4.79 Å². The Hall–Kier alpha value is -2.50. The fraction of sp³-hybridized carbons (Fsp3) is 0.444. The molecule has 3 aromatic rings. The maximum Gasteiger partial charge on any atom is 0.123 e. The van der Waals surface area contributed by atoms with Gasteiger partial charge in [0.05, 0.1) is 29.1 Å². The summed E-state index contributed by atoms with van der Waals surface area (Å²) in [6, 6.07) is 2.46. The van der Waals surface area contributed by atoms with Gasteiger partial charge in [0.2, 0.25) is 0 Å². The molecule has 122 valence electrons. The van der Waals surface area contributed by atoms with Crippen molar-refractivity contribution in [1.82, 2.24) is 24.5 Å². The van der Waals surface area contributed by atoms with Crippen molar-refractivity contribution < 1.29 is 4.79 Å². The fourth-order valence-electron chi connectivity index (χ4n) is 3.60. The lowest BCUT2D eigenvalue weighted by molar-refractivity contribution is -0.114. The Kier molecular flexibility index (Phi) is 2.89. The van der Waals surface area contributed by atoms with Gasteiger partial charge in [-0.1, -0.05) is 0 Å². The van der Waals surface area contributed by atoms with Gasteiger partial charge in [0, 0.05) is 42.2 Å². The van der Waals surface area contributed by atoms with Gasteiger partial charge in [-0.05, 0) is 31.7 Å². The SMILES string of the molecule is Cn1ncc2cnc(-c3cn([C@H]4C[C@H](C=O)C4)nc3C3CC3)cc21. The molecule has 2 aliphatic carbocycles. The number of rotatable bonds is 4. The molecule has 2 saturated carbocycles. The van der Waals surface area contributed by atoms with Crippen LogP contribution in [0.3, 0.4) is 0 Å². The highest BCUT2D eigenvalue weighted by molar-refractivity contribution is 5.82. The van der Waals surface area contributed by atoms with Crippen LogP contribution in [0, 0.1) is 5.92 Å². The lowest BCUT2D eigenvalue weighted by Crippen LogP contribution is -2.28. The summed E-state index contributed by atoms with van der Waals surface area (Å²) >= 11 is 0. The number of aromatic nitrogens is 5. The molecule has 3 heterocycles. The molecule has 2 aliphatic rings. The minimum atomic E-state index is 0.205. The highest BCUT2D eigenvalue weighted by atomic mass is 16.1. The van der Waals surface area contributed by atoms with Gasteiger partial charge in [0.1, 0.15) is 6.29 Å². The molecule has 3 aromatic heterocycles. The third-order valence-corrected chi connectivity index (χ3v) is 5.35. The maximum absolute atomic E-state index is 10.9. The predicted molar refractivity (Wildman–Crippen MR) is 89.5 cm³/mol. The van der Waals surface area contributed by atoms with Crippen LogP contribution < -0.4 is 0 Å². The molecule has 0 aromatic carbocycles. The van der Waals surface area contributed by atoms with Crippen molar-refractivity contribution >= 4 is 17.2 Å². The topological polar surface area (TPSA) is 65.6 Å². The molecule has 0 radical (unpaired) electrons. The van der Waals surface area contributed by atoms with Gasteiger partial charge in [-0.15, -0.1) is 0 Å². The molecule has 0 aliphatic heterocycles. The van der Waals surface area contributed by atoms with Crippen LogP contribution in [-0.2, 0) is 11.8 Å². The van der Waals surface area contributed by atoms with Gasteiger partial charge in [0.25, 0.3) is 0 Å². The van der Waals surface area contributed by atoms with Crippen molar-refractivity contribution in [2.24, 2.45) is 13.0 Å². The smallest absolute Gasteiger partial charge is 0.123 e. The molecule has 0 unspecified atom stereocenters. The largest absolute Gasteiger partial charge is 0.303 e. The number of hydrogen-bond acceptors (Lipinski definition) is 4. The zero-order chi connectivity index (χ0) is 16.3. The van der Waals surface area contributed by atoms with Crippen molar-refractivity contribution in [2.75, 3.05) is 0 Å². The third kappa shape index (κ3) is 2.09. The van der Waals surface area contributed by atoms with E-state index < -0.39 is 0 Å². The summed E-state index contributed by atoms with van der Waals surface area (Å²) < 4.78 is 3.94. The number of hydrogen-bond donors (Lipinski definition) is 0. The van der Waals surface area contributed by atoms with E-state index in [-0.39, 0.29) is 5.92 Å². The summed E-state index contributed by atoms with van der Waals surface area (Å²) in [6.45, 7) is 0. The summed E-state index contributed by atoms with van der Waals surface area (Å²) in [5, 5.41) is 10.2. The van der Waals surface area contributed by atoms with Gasteiger partial charge in [0.15, 0.2) is 0 Å². The molecule has 0 atom stereocenters. The summed E-state index contributed by atoms with van der Waals surface area (Å²) in [7, 11) is 1.95. The molecule has 0 bridgehead atoms. The zero-order valence-corrected chi connectivity index (χ0v) is 13.6. The average Bonchev–Trinajstić information content (AvgIpc) is 3.21. The van der Waals surface area contributed by atoms with Crippen molar-refractivity contribution in [2.45, 2.75) is 37.6 Å². The molecule has 0 N–H and O–H groups in total. The standard InChI is InChI=1S/C18H19N5O/c1-22-17-6-16(19-7-13(17)8-20-22)15-9-23(14-4-11(5-14)10-24)21-18(15)12-2-3-12/h6-12,14H,2-5H2,1H3/t11-,14-. The average molecular weight is 321 g/mol. The number of pyridine rings is 1. The van der Waals surface area contributed by atoms with Crippen LogP contribution in [0.25, 0.3) is 22.2 Å². The molecule has 24 heavy (non-hydrogen) atoms. The molecular formula is C18H19N5O. The van der Waals surface area contributed by atoms with Crippen LogP contribution in [0.15, 0.2) is 24.7 Å². The number of carbonyl (C=O) groups excluding carboxylic acids is 1. The number of aryl methyl sites for hydroxylation is 1. The predicted octanol–water partition coefficient (Wildman–Crippen LogP) is 2.86. The van der Waals surface area contributed by atoms with E-state index in [2.05, 4.69) is 27.0 Å². The van der Waals surface area contributed by atoms with Gasteiger partial charge in [-0.2, -0.15) is 10.2 Å². The first kappa shape index (κ1) is 13.9. The van der Waals surface area contributed by atoms with Crippen LogP contribution in [0.5, 0.6) is 0 Å². The molecule has 2 fully saturated rings. The summed E-state index contributed by atoms with van der Waals surface area (Å²) in [5.74, 6) is 0.767. The van der Waals surface area contributed by atoms with Crippen molar-refractivity contribution in [1.29, 1.82) is 0 Å². The van der Waals surface area contributed by atoms with Crippen LogP contribution in [0.1, 0.15) is 43.3 Å². The lowest BCUT2D eigenvalue weighted by atomic mass is 9.81.